The summed E-state index contributed by atoms with van der Waals surface area (Å²) < 4.78 is 46.8. The third kappa shape index (κ3) is 4.19. The number of aromatic amines is 1. The highest BCUT2D eigenvalue weighted by molar-refractivity contribution is 7.95. The Morgan fingerprint density at radius 2 is 1.94 bits per heavy atom. The van der Waals surface area contributed by atoms with Crippen LogP contribution in [0.25, 0.3) is 0 Å². The van der Waals surface area contributed by atoms with Crippen LogP contribution in [0.1, 0.15) is 5.56 Å². The summed E-state index contributed by atoms with van der Waals surface area (Å²) in [6.45, 7) is 1.68. The van der Waals surface area contributed by atoms with E-state index in [9.17, 15) is 16.8 Å². The molecular formula is C7H13N3O4S2. The van der Waals surface area contributed by atoms with Crippen molar-refractivity contribution in [2.24, 2.45) is 0 Å². The van der Waals surface area contributed by atoms with E-state index in [2.05, 4.69) is 14.9 Å². The van der Waals surface area contributed by atoms with Crippen LogP contribution in [0.3, 0.4) is 0 Å². The lowest BCUT2D eigenvalue weighted by molar-refractivity contribution is 0.593. The molecule has 0 atom stereocenters. The molecule has 0 aliphatic rings. The fraction of sp³-hybridized carbons (Fsp3) is 0.571. The van der Waals surface area contributed by atoms with E-state index in [1.54, 1.807) is 6.92 Å². The van der Waals surface area contributed by atoms with Gasteiger partial charge in [0.1, 0.15) is 15.7 Å². The average Bonchev–Trinajstić information content (AvgIpc) is 2.47. The number of rotatable bonds is 5. The van der Waals surface area contributed by atoms with Gasteiger partial charge in [-0.1, -0.05) is 0 Å². The molecule has 0 saturated heterocycles. The highest BCUT2D eigenvalue weighted by atomic mass is 32.2. The number of hydrogen-bond acceptors (Lipinski definition) is 5. The molecule has 1 heterocycles. The van der Waals surface area contributed by atoms with Crippen molar-refractivity contribution in [3.63, 3.8) is 0 Å². The predicted molar refractivity (Wildman–Crippen MR) is 60.4 cm³/mol. The zero-order chi connectivity index (χ0) is 12.4. The number of anilines is 1. The third-order valence-electron chi connectivity index (χ3n) is 1.81. The Morgan fingerprint density at radius 3 is 2.38 bits per heavy atom. The van der Waals surface area contributed by atoms with Crippen LogP contribution >= 0.6 is 0 Å². The molecule has 7 nitrogen and oxygen atoms in total. The first-order chi connectivity index (χ1) is 7.20. The van der Waals surface area contributed by atoms with Gasteiger partial charge in [-0.2, -0.15) is 5.10 Å². The zero-order valence-corrected chi connectivity index (χ0v) is 10.5. The van der Waals surface area contributed by atoms with Crippen molar-refractivity contribution in [2.45, 2.75) is 6.92 Å². The fourth-order valence-corrected chi connectivity index (χ4v) is 3.63. The Kier molecular flexibility index (Phi) is 3.58. The van der Waals surface area contributed by atoms with Gasteiger partial charge < -0.3 is 0 Å². The van der Waals surface area contributed by atoms with Crippen LogP contribution in [0.15, 0.2) is 6.20 Å². The SMILES string of the molecule is Cc1cn[nH]c1NS(=O)(=O)CCS(C)(=O)=O. The second-order valence-electron chi connectivity index (χ2n) is 3.48. The number of sulfone groups is 1. The second-order valence-corrected chi connectivity index (χ2v) is 7.58. The van der Waals surface area contributed by atoms with Crippen LogP contribution in [0.2, 0.25) is 0 Å². The van der Waals surface area contributed by atoms with E-state index in [0.717, 1.165) is 6.26 Å². The zero-order valence-electron chi connectivity index (χ0n) is 8.89. The first kappa shape index (κ1) is 13.0. The minimum atomic E-state index is -3.66. The number of H-pyrrole nitrogens is 1. The Balaban J connectivity index is 2.70. The molecule has 0 aromatic carbocycles. The summed E-state index contributed by atoms with van der Waals surface area (Å²) in [6.07, 6.45) is 2.46. The highest BCUT2D eigenvalue weighted by Crippen LogP contribution is 2.10. The second kappa shape index (κ2) is 4.42. The quantitative estimate of drug-likeness (QED) is 0.747. The molecule has 0 radical (unpaired) electrons. The highest BCUT2D eigenvalue weighted by Gasteiger charge is 2.16. The van der Waals surface area contributed by atoms with E-state index >= 15 is 0 Å². The van der Waals surface area contributed by atoms with Crippen molar-refractivity contribution < 1.29 is 16.8 Å². The van der Waals surface area contributed by atoms with Crippen molar-refractivity contribution in [3.8, 4) is 0 Å². The number of nitrogens with zero attached hydrogens (tertiary/aromatic N) is 1. The summed E-state index contributed by atoms with van der Waals surface area (Å²) in [5.41, 5.74) is 0.642. The monoisotopic (exact) mass is 267 g/mol. The lowest BCUT2D eigenvalue weighted by atomic mass is 10.4. The molecule has 0 bridgehead atoms. The maximum absolute atomic E-state index is 11.5. The van der Waals surface area contributed by atoms with Crippen molar-refractivity contribution in [3.05, 3.63) is 11.8 Å². The van der Waals surface area contributed by atoms with E-state index in [1.165, 1.54) is 6.20 Å². The van der Waals surface area contributed by atoms with E-state index in [-0.39, 0.29) is 5.82 Å². The molecule has 92 valence electrons. The molecule has 0 unspecified atom stereocenters. The van der Waals surface area contributed by atoms with Crippen molar-refractivity contribution in [2.75, 3.05) is 22.5 Å². The lowest BCUT2D eigenvalue weighted by Gasteiger charge is -2.05. The first-order valence-electron chi connectivity index (χ1n) is 4.38. The van der Waals surface area contributed by atoms with Gasteiger partial charge >= 0.3 is 0 Å². The minimum Gasteiger partial charge on any atom is -0.267 e. The van der Waals surface area contributed by atoms with Gasteiger partial charge in [0.05, 0.1) is 17.7 Å². The summed E-state index contributed by atoms with van der Waals surface area (Å²) in [7, 11) is -6.95. The largest absolute Gasteiger partial charge is 0.267 e. The van der Waals surface area contributed by atoms with Gasteiger partial charge in [-0.25, -0.2) is 16.8 Å². The maximum Gasteiger partial charge on any atom is 0.234 e. The number of hydrogen-bond donors (Lipinski definition) is 2. The number of sulfonamides is 1. The summed E-state index contributed by atoms with van der Waals surface area (Å²) in [5, 5.41) is 6.11. The molecule has 1 aromatic heterocycles. The summed E-state index contributed by atoms with van der Waals surface area (Å²) in [6, 6.07) is 0. The predicted octanol–water partition coefficient (Wildman–Crippen LogP) is -0.496. The normalized spacial score (nSPS) is 12.6. The van der Waals surface area contributed by atoms with E-state index in [1.807, 2.05) is 0 Å². The van der Waals surface area contributed by atoms with Crippen molar-refractivity contribution in [1.29, 1.82) is 0 Å². The van der Waals surface area contributed by atoms with E-state index < -0.39 is 31.4 Å². The van der Waals surface area contributed by atoms with Crippen LogP contribution in [0.4, 0.5) is 5.82 Å². The standard InChI is InChI=1S/C7H13N3O4S2/c1-6-5-8-9-7(6)10-16(13,14)4-3-15(2,11)12/h5H,3-4H2,1-2H3,(H2,8,9,10). The Morgan fingerprint density at radius 1 is 1.31 bits per heavy atom. The van der Waals surface area contributed by atoms with E-state index in [0.29, 0.717) is 5.56 Å². The lowest BCUT2D eigenvalue weighted by Crippen LogP contribution is -2.22. The number of aryl methyl sites for hydroxylation is 1. The van der Waals surface area contributed by atoms with E-state index in [4.69, 9.17) is 0 Å². The van der Waals surface area contributed by atoms with Gasteiger partial charge in [-0.15, -0.1) is 0 Å². The summed E-state index contributed by atoms with van der Waals surface area (Å²) in [5.74, 6) is -0.617. The molecule has 0 spiro atoms. The fourth-order valence-electron chi connectivity index (χ4n) is 0.917. The van der Waals surface area contributed by atoms with Crippen LogP contribution in [0.5, 0.6) is 0 Å². The molecule has 0 fully saturated rings. The molecule has 2 N–H and O–H groups in total. The topological polar surface area (TPSA) is 109 Å². The van der Waals surface area contributed by atoms with Gasteiger partial charge in [0, 0.05) is 11.8 Å². The van der Waals surface area contributed by atoms with Crippen molar-refractivity contribution in [1.82, 2.24) is 10.2 Å². The Labute approximate surface area is 94.2 Å². The smallest absolute Gasteiger partial charge is 0.234 e. The molecule has 9 heteroatoms. The molecule has 0 aliphatic carbocycles. The number of nitrogens with one attached hydrogen (secondary N) is 2. The van der Waals surface area contributed by atoms with Gasteiger partial charge in [0.15, 0.2) is 0 Å². The summed E-state index contributed by atoms with van der Waals surface area (Å²) >= 11 is 0. The van der Waals surface area contributed by atoms with Gasteiger partial charge in [0.2, 0.25) is 10.0 Å². The van der Waals surface area contributed by atoms with Crippen LogP contribution in [-0.2, 0) is 19.9 Å². The van der Waals surface area contributed by atoms with Crippen LogP contribution in [0, 0.1) is 6.92 Å². The minimum absolute atomic E-state index is 0.258. The van der Waals surface area contributed by atoms with Gasteiger partial charge in [0.25, 0.3) is 0 Å². The molecule has 0 aliphatic heterocycles. The first-order valence-corrected chi connectivity index (χ1v) is 8.09. The molecule has 16 heavy (non-hydrogen) atoms. The Hall–Kier alpha value is -1.09. The molecular weight excluding hydrogens is 254 g/mol. The summed E-state index contributed by atoms with van der Waals surface area (Å²) in [4.78, 5) is 0. The molecule has 0 saturated carbocycles. The van der Waals surface area contributed by atoms with Crippen LogP contribution < -0.4 is 4.72 Å². The third-order valence-corrected chi connectivity index (χ3v) is 4.27. The van der Waals surface area contributed by atoms with Gasteiger partial charge in [-0.05, 0) is 6.92 Å². The average molecular weight is 267 g/mol. The molecule has 1 rings (SSSR count). The van der Waals surface area contributed by atoms with Crippen molar-refractivity contribution >= 4 is 25.7 Å². The maximum atomic E-state index is 11.5. The molecule has 1 aromatic rings. The number of aromatic nitrogens is 2. The van der Waals surface area contributed by atoms with Gasteiger partial charge in [-0.3, -0.25) is 9.82 Å². The van der Waals surface area contributed by atoms with Crippen LogP contribution in [-0.4, -0.2) is 44.8 Å². The molecule has 0 amide bonds. The Bertz CT molecular complexity index is 558.